The first kappa shape index (κ1) is 13.5. The summed E-state index contributed by atoms with van der Waals surface area (Å²) in [6.07, 6.45) is 4.90. The second-order valence-electron chi connectivity index (χ2n) is 5.15. The van der Waals surface area contributed by atoms with Gasteiger partial charge >= 0.3 is 0 Å². The van der Waals surface area contributed by atoms with Crippen LogP contribution in [0.25, 0.3) is 0 Å². The van der Waals surface area contributed by atoms with Gasteiger partial charge in [0.1, 0.15) is 5.75 Å². The Kier molecular flexibility index (Phi) is 4.76. The first-order valence-electron chi connectivity index (χ1n) is 6.89. The highest BCUT2D eigenvalue weighted by Crippen LogP contribution is 2.31. The summed E-state index contributed by atoms with van der Waals surface area (Å²) in [5.74, 6) is 1.53. The van der Waals surface area contributed by atoms with E-state index in [9.17, 15) is 0 Å². The number of rotatable bonds is 5. The van der Waals surface area contributed by atoms with Crippen molar-refractivity contribution >= 4 is 17.3 Å². The van der Waals surface area contributed by atoms with Gasteiger partial charge in [0, 0.05) is 11.7 Å². The van der Waals surface area contributed by atoms with Crippen LogP contribution in [-0.2, 0) is 0 Å². The lowest BCUT2D eigenvalue weighted by molar-refractivity contribution is 0.317. The van der Waals surface area contributed by atoms with Gasteiger partial charge in [-0.15, -0.1) is 0 Å². The fourth-order valence-corrected chi connectivity index (χ4v) is 2.73. The van der Waals surface area contributed by atoms with E-state index in [-0.39, 0.29) is 0 Å². The molecule has 0 aliphatic heterocycles. The molecule has 1 aliphatic carbocycles. The summed E-state index contributed by atoms with van der Waals surface area (Å²) in [7, 11) is 0. The molecule has 3 heteroatoms. The topological polar surface area (TPSA) is 21.3 Å². The molecule has 0 spiro atoms. The number of hydrogen-bond donors (Lipinski definition) is 1. The first-order valence-corrected chi connectivity index (χ1v) is 7.27. The second kappa shape index (κ2) is 6.33. The Labute approximate surface area is 115 Å². The van der Waals surface area contributed by atoms with Gasteiger partial charge in [-0.3, -0.25) is 0 Å². The summed E-state index contributed by atoms with van der Waals surface area (Å²) in [5, 5.41) is 4.27. The van der Waals surface area contributed by atoms with Crippen molar-refractivity contribution in [2.24, 2.45) is 5.92 Å². The SMILES string of the molecule is CCCOc1ccc(NC2CCCC2C)cc1Cl. The van der Waals surface area contributed by atoms with Gasteiger partial charge in [0.15, 0.2) is 0 Å². The van der Waals surface area contributed by atoms with Crippen molar-refractivity contribution in [3.8, 4) is 5.75 Å². The molecule has 1 aromatic carbocycles. The average molecular weight is 268 g/mol. The third-order valence-electron chi connectivity index (χ3n) is 3.61. The van der Waals surface area contributed by atoms with Crippen LogP contribution >= 0.6 is 11.6 Å². The highest BCUT2D eigenvalue weighted by molar-refractivity contribution is 6.32. The molecule has 0 saturated heterocycles. The first-order chi connectivity index (χ1) is 8.70. The lowest BCUT2D eigenvalue weighted by Crippen LogP contribution is -2.21. The van der Waals surface area contributed by atoms with Gasteiger partial charge in [0.25, 0.3) is 0 Å². The number of ether oxygens (including phenoxy) is 1. The van der Waals surface area contributed by atoms with Crippen molar-refractivity contribution in [1.29, 1.82) is 0 Å². The Balaban J connectivity index is 1.99. The molecule has 0 heterocycles. The Hall–Kier alpha value is -0.890. The van der Waals surface area contributed by atoms with E-state index < -0.39 is 0 Å². The van der Waals surface area contributed by atoms with Crippen molar-refractivity contribution in [3.63, 3.8) is 0 Å². The zero-order valence-electron chi connectivity index (χ0n) is 11.2. The summed E-state index contributed by atoms with van der Waals surface area (Å²) >= 11 is 6.22. The maximum absolute atomic E-state index is 6.22. The molecule has 1 N–H and O–H groups in total. The van der Waals surface area contributed by atoms with Crippen molar-refractivity contribution in [2.45, 2.75) is 45.6 Å². The van der Waals surface area contributed by atoms with Crippen LogP contribution in [0.3, 0.4) is 0 Å². The molecule has 2 nitrogen and oxygen atoms in total. The summed E-state index contributed by atoms with van der Waals surface area (Å²) in [5.41, 5.74) is 1.10. The van der Waals surface area contributed by atoms with Crippen molar-refractivity contribution < 1.29 is 4.74 Å². The lowest BCUT2D eigenvalue weighted by Gasteiger charge is -2.19. The molecule has 0 aromatic heterocycles. The van der Waals surface area contributed by atoms with Gasteiger partial charge in [-0.1, -0.05) is 31.9 Å². The van der Waals surface area contributed by atoms with Crippen LogP contribution in [0.4, 0.5) is 5.69 Å². The maximum Gasteiger partial charge on any atom is 0.138 e. The molecule has 1 fully saturated rings. The van der Waals surface area contributed by atoms with Gasteiger partial charge in [-0.25, -0.2) is 0 Å². The van der Waals surface area contributed by atoms with Crippen LogP contribution in [0.1, 0.15) is 39.5 Å². The van der Waals surface area contributed by atoms with Crippen LogP contribution < -0.4 is 10.1 Å². The normalized spacial score (nSPS) is 23.1. The number of hydrogen-bond acceptors (Lipinski definition) is 2. The Morgan fingerprint density at radius 2 is 2.22 bits per heavy atom. The summed E-state index contributed by atoms with van der Waals surface area (Å²) in [6, 6.07) is 6.57. The van der Waals surface area contributed by atoms with E-state index in [4.69, 9.17) is 16.3 Å². The fourth-order valence-electron chi connectivity index (χ4n) is 2.49. The van der Waals surface area contributed by atoms with E-state index in [1.165, 1.54) is 19.3 Å². The molecule has 1 saturated carbocycles. The van der Waals surface area contributed by atoms with Crippen LogP contribution in [0.2, 0.25) is 5.02 Å². The zero-order chi connectivity index (χ0) is 13.0. The van der Waals surface area contributed by atoms with Crippen LogP contribution in [0.5, 0.6) is 5.75 Å². The standard InChI is InChI=1S/C15H22ClNO/c1-3-9-18-15-8-7-12(10-13(15)16)17-14-6-4-5-11(14)2/h7-8,10-11,14,17H,3-6,9H2,1-2H3. The third kappa shape index (κ3) is 3.32. The summed E-state index contributed by atoms with van der Waals surface area (Å²) in [6.45, 7) is 5.11. The van der Waals surface area contributed by atoms with Crippen molar-refractivity contribution in [2.75, 3.05) is 11.9 Å². The quantitative estimate of drug-likeness (QED) is 0.833. The molecule has 0 radical (unpaired) electrons. The average Bonchev–Trinajstić information content (AvgIpc) is 2.74. The minimum atomic E-state index is 0.587. The van der Waals surface area contributed by atoms with Gasteiger partial charge < -0.3 is 10.1 Å². The van der Waals surface area contributed by atoms with Crippen molar-refractivity contribution in [1.82, 2.24) is 0 Å². The van der Waals surface area contributed by atoms with Crippen LogP contribution in [0, 0.1) is 5.92 Å². The highest BCUT2D eigenvalue weighted by Gasteiger charge is 2.23. The molecule has 2 atom stereocenters. The van der Waals surface area contributed by atoms with E-state index in [2.05, 4.69) is 25.2 Å². The number of benzene rings is 1. The fraction of sp³-hybridized carbons (Fsp3) is 0.600. The van der Waals surface area contributed by atoms with Gasteiger partial charge in [0.2, 0.25) is 0 Å². The molecule has 1 aliphatic rings. The van der Waals surface area contributed by atoms with E-state index in [0.717, 1.165) is 23.8 Å². The predicted octanol–water partition coefficient (Wildman–Crippen LogP) is 4.73. The smallest absolute Gasteiger partial charge is 0.138 e. The lowest BCUT2D eigenvalue weighted by atomic mass is 10.1. The van der Waals surface area contributed by atoms with Gasteiger partial charge in [-0.2, -0.15) is 0 Å². The molecule has 2 unspecified atom stereocenters. The minimum Gasteiger partial charge on any atom is -0.492 e. The van der Waals surface area contributed by atoms with E-state index in [0.29, 0.717) is 17.7 Å². The molecular formula is C15H22ClNO. The summed E-state index contributed by atoms with van der Waals surface area (Å²) in [4.78, 5) is 0. The molecule has 2 rings (SSSR count). The van der Waals surface area contributed by atoms with E-state index in [1.54, 1.807) is 0 Å². The van der Waals surface area contributed by atoms with E-state index in [1.807, 2.05) is 12.1 Å². The van der Waals surface area contributed by atoms with Crippen molar-refractivity contribution in [3.05, 3.63) is 23.2 Å². The predicted molar refractivity (Wildman–Crippen MR) is 77.7 cm³/mol. The Morgan fingerprint density at radius 1 is 1.39 bits per heavy atom. The number of halogens is 1. The highest BCUT2D eigenvalue weighted by atomic mass is 35.5. The van der Waals surface area contributed by atoms with Gasteiger partial charge in [-0.05, 0) is 43.4 Å². The largest absolute Gasteiger partial charge is 0.492 e. The summed E-state index contributed by atoms with van der Waals surface area (Å²) < 4.78 is 5.57. The monoisotopic (exact) mass is 267 g/mol. The van der Waals surface area contributed by atoms with Crippen LogP contribution in [0.15, 0.2) is 18.2 Å². The Morgan fingerprint density at radius 3 is 2.83 bits per heavy atom. The molecular weight excluding hydrogens is 246 g/mol. The molecule has 1 aromatic rings. The molecule has 0 amide bonds. The second-order valence-corrected chi connectivity index (χ2v) is 5.56. The molecule has 100 valence electrons. The van der Waals surface area contributed by atoms with Gasteiger partial charge in [0.05, 0.1) is 11.6 Å². The maximum atomic E-state index is 6.22. The third-order valence-corrected chi connectivity index (χ3v) is 3.90. The molecule has 0 bridgehead atoms. The minimum absolute atomic E-state index is 0.587. The Bertz CT molecular complexity index is 394. The van der Waals surface area contributed by atoms with Crippen LogP contribution in [-0.4, -0.2) is 12.6 Å². The number of nitrogens with one attached hydrogen (secondary N) is 1. The molecule has 18 heavy (non-hydrogen) atoms. The number of anilines is 1. The zero-order valence-corrected chi connectivity index (χ0v) is 12.0. The van der Waals surface area contributed by atoms with E-state index >= 15 is 0 Å².